The van der Waals surface area contributed by atoms with E-state index in [2.05, 4.69) is 10.3 Å². The van der Waals surface area contributed by atoms with Crippen LogP contribution in [0.5, 0.6) is 5.75 Å². The lowest BCUT2D eigenvalue weighted by molar-refractivity contribution is -0.143. The maximum Gasteiger partial charge on any atom is 0.416 e. The van der Waals surface area contributed by atoms with Crippen molar-refractivity contribution < 1.29 is 31.1 Å². The van der Waals surface area contributed by atoms with Crippen molar-refractivity contribution in [2.75, 3.05) is 13.7 Å². The van der Waals surface area contributed by atoms with Crippen molar-refractivity contribution in [2.24, 2.45) is 0 Å². The van der Waals surface area contributed by atoms with Gasteiger partial charge in [-0.25, -0.2) is 0 Å². The molecular formula is C18H16F6N2O. The van der Waals surface area contributed by atoms with Crippen molar-refractivity contribution >= 4 is 0 Å². The van der Waals surface area contributed by atoms with Crippen LogP contribution in [-0.4, -0.2) is 24.2 Å². The molecule has 1 aromatic carbocycles. The molecule has 0 aliphatic heterocycles. The average Bonchev–Trinajstić information content (AvgIpc) is 3.39. The zero-order valence-electron chi connectivity index (χ0n) is 14.2. The number of hydrogen-bond acceptors (Lipinski definition) is 3. The topological polar surface area (TPSA) is 34.1 Å². The zero-order chi connectivity index (χ0) is 19.9. The van der Waals surface area contributed by atoms with Gasteiger partial charge < -0.3 is 10.1 Å². The van der Waals surface area contributed by atoms with Crippen molar-refractivity contribution in [1.82, 2.24) is 10.3 Å². The van der Waals surface area contributed by atoms with E-state index in [0.29, 0.717) is 18.7 Å². The molecule has 1 heterocycles. The zero-order valence-corrected chi connectivity index (χ0v) is 14.2. The molecule has 1 aliphatic rings. The molecule has 3 nitrogen and oxygen atoms in total. The van der Waals surface area contributed by atoms with Crippen LogP contribution in [0.3, 0.4) is 0 Å². The standard InChI is InChI=1S/C18H16F6N2O/c1-25-16(2-3-16)10-27-15-6-12(8-26-9-15)11-4-13(17(19,20)21)7-14(5-11)18(22,23)24/h4-9,25H,2-3,10H2,1H3. The Labute approximate surface area is 151 Å². The number of nitrogens with zero attached hydrogens (tertiary/aromatic N) is 1. The summed E-state index contributed by atoms with van der Waals surface area (Å²) in [7, 11) is 1.80. The Bertz CT molecular complexity index is 795. The van der Waals surface area contributed by atoms with Crippen LogP contribution in [0.1, 0.15) is 24.0 Å². The quantitative estimate of drug-likeness (QED) is 0.737. The highest BCUT2D eigenvalue weighted by molar-refractivity contribution is 5.66. The number of nitrogens with one attached hydrogen (secondary N) is 1. The number of rotatable bonds is 5. The lowest BCUT2D eigenvalue weighted by Gasteiger charge is -2.16. The third-order valence-corrected chi connectivity index (χ3v) is 4.53. The van der Waals surface area contributed by atoms with Crippen LogP contribution < -0.4 is 10.1 Å². The summed E-state index contributed by atoms with van der Waals surface area (Å²) in [4.78, 5) is 3.88. The molecule has 1 aromatic heterocycles. The molecule has 1 saturated carbocycles. The number of aromatic nitrogens is 1. The van der Waals surface area contributed by atoms with E-state index in [-0.39, 0.29) is 28.5 Å². The first-order chi connectivity index (χ1) is 12.5. The smallest absolute Gasteiger partial charge is 0.416 e. The average molecular weight is 390 g/mol. The molecule has 27 heavy (non-hydrogen) atoms. The summed E-state index contributed by atoms with van der Waals surface area (Å²) in [6.45, 7) is 0.338. The second kappa shape index (κ2) is 6.70. The highest BCUT2D eigenvalue weighted by atomic mass is 19.4. The van der Waals surface area contributed by atoms with Crippen LogP contribution in [0.15, 0.2) is 36.7 Å². The fourth-order valence-electron chi connectivity index (χ4n) is 2.62. The molecule has 0 atom stereocenters. The Kier molecular flexibility index (Phi) is 4.83. The van der Waals surface area contributed by atoms with Gasteiger partial charge >= 0.3 is 12.4 Å². The van der Waals surface area contributed by atoms with E-state index >= 15 is 0 Å². The highest BCUT2D eigenvalue weighted by Gasteiger charge is 2.42. The van der Waals surface area contributed by atoms with E-state index in [1.54, 1.807) is 7.05 Å². The van der Waals surface area contributed by atoms with Crippen LogP contribution in [-0.2, 0) is 12.4 Å². The van der Waals surface area contributed by atoms with E-state index in [0.717, 1.165) is 12.8 Å². The molecule has 0 amide bonds. The first-order valence-electron chi connectivity index (χ1n) is 8.09. The summed E-state index contributed by atoms with van der Waals surface area (Å²) in [6.07, 6.45) is -5.37. The molecule has 0 radical (unpaired) electrons. The Morgan fingerprint density at radius 2 is 1.52 bits per heavy atom. The first kappa shape index (κ1) is 19.5. The Balaban J connectivity index is 1.94. The largest absolute Gasteiger partial charge is 0.490 e. The number of likely N-dealkylation sites (N-methyl/N-ethyl adjacent to an activating group) is 1. The molecule has 146 valence electrons. The van der Waals surface area contributed by atoms with E-state index in [9.17, 15) is 26.3 Å². The number of alkyl halides is 6. The van der Waals surface area contributed by atoms with Gasteiger partial charge in [0.1, 0.15) is 12.4 Å². The lowest BCUT2D eigenvalue weighted by Crippen LogP contribution is -2.33. The van der Waals surface area contributed by atoms with Gasteiger partial charge in [0.2, 0.25) is 0 Å². The minimum Gasteiger partial charge on any atom is -0.490 e. The lowest BCUT2D eigenvalue weighted by atomic mass is 10.00. The summed E-state index contributed by atoms with van der Waals surface area (Å²) in [5, 5.41) is 3.12. The number of benzene rings is 1. The normalized spacial score (nSPS) is 16.3. The maximum absolute atomic E-state index is 13.0. The highest BCUT2D eigenvalue weighted by Crippen LogP contribution is 2.39. The van der Waals surface area contributed by atoms with Crippen LogP contribution in [0.2, 0.25) is 0 Å². The molecule has 0 bridgehead atoms. The summed E-state index contributed by atoms with van der Waals surface area (Å²) in [6, 6.07) is 2.83. The predicted molar refractivity (Wildman–Crippen MR) is 86.2 cm³/mol. The molecule has 9 heteroatoms. The predicted octanol–water partition coefficient (Wildman–Crippen LogP) is 4.92. The SMILES string of the molecule is CNC1(COc2cncc(-c3cc(C(F)(F)F)cc(C(F)(F)F)c3)c2)CC1. The van der Waals surface area contributed by atoms with Crippen molar-refractivity contribution in [1.29, 1.82) is 0 Å². The van der Waals surface area contributed by atoms with Gasteiger partial charge in [-0.2, -0.15) is 26.3 Å². The summed E-state index contributed by atoms with van der Waals surface area (Å²) < 4.78 is 83.7. The molecule has 2 aromatic rings. The second-order valence-corrected chi connectivity index (χ2v) is 6.52. The van der Waals surface area contributed by atoms with Crippen LogP contribution in [0.25, 0.3) is 11.1 Å². The molecular weight excluding hydrogens is 374 g/mol. The molecule has 0 saturated heterocycles. The van der Waals surface area contributed by atoms with Crippen molar-refractivity contribution in [3.8, 4) is 16.9 Å². The summed E-state index contributed by atoms with van der Waals surface area (Å²) in [5.41, 5.74) is -2.99. The van der Waals surface area contributed by atoms with Crippen LogP contribution >= 0.6 is 0 Å². The van der Waals surface area contributed by atoms with E-state index in [4.69, 9.17) is 4.74 Å². The monoisotopic (exact) mass is 390 g/mol. The molecule has 0 spiro atoms. The molecule has 1 N–H and O–H groups in total. The minimum atomic E-state index is -4.90. The van der Waals surface area contributed by atoms with E-state index in [1.807, 2.05) is 0 Å². The van der Waals surface area contributed by atoms with Crippen LogP contribution in [0, 0.1) is 0 Å². The Hall–Kier alpha value is -2.29. The molecule has 3 rings (SSSR count). The number of ether oxygens (including phenoxy) is 1. The van der Waals surface area contributed by atoms with Gasteiger partial charge in [0.15, 0.2) is 0 Å². The third kappa shape index (κ3) is 4.52. The summed E-state index contributed by atoms with van der Waals surface area (Å²) >= 11 is 0. The number of halogens is 6. The number of pyridine rings is 1. The third-order valence-electron chi connectivity index (χ3n) is 4.53. The van der Waals surface area contributed by atoms with Gasteiger partial charge in [-0.3, -0.25) is 4.98 Å². The van der Waals surface area contributed by atoms with Crippen LogP contribution in [0.4, 0.5) is 26.3 Å². The van der Waals surface area contributed by atoms with Crippen molar-refractivity contribution in [3.05, 3.63) is 47.8 Å². The van der Waals surface area contributed by atoms with Gasteiger partial charge in [0.05, 0.1) is 22.9 Å². The fourth-order valence-corrected chi connectivity index (χ4v) is 2.62. The number of hydrogen-bond donors (Lipinski definition) is 1. The first-order valence-corrected chi connectivity index (χ1v) is 8.09. The second-order valence-electron chi connectivity index (χ2n) is 6.52. The van der Waals surface area contributed by atoms with Gasteiger partial charge in [-0.1, -0.05) is 0 Å². The van der Waals surface area contributed by atoms with Gasteiger partial charge in [-0.05, 0) is 49.7 Å². The molecule has 1 aliphatic carbocycles. The van der Waals surface area contributed by atoms with Gasteiger partial charge in [0, 0.05) is 11.8 Å². The van der Waals surface area contributed by atoms with Gasteiger partial charge in [-0.15, -0.1) is 0 Å². The Morgan fingerprint density at radius 1 is 0.926 bits per heavy atom. The van der Waals surface area contributed by atoms with Gasteiger partial charge in [0.25, 0.3) is 0 Å². The Morgan fingerprint density at radius 3 is 2.00 bits per heavy atom. The maximum atomic E-state index is 13.0. The molecule has 1 fully saturated rings. The van der Waals surface area contributed by atoms with E-state index in [1.165, 1.54) is 18.5 Å². The molecule has 0 unspecified atom stereocenters. The summed E-state index contributed by atoms with van der Waals surface area (Å²) in [5.74, 6) is 0.278. The fraction of sp³-hybridized carbons (Fsp3) is 0.389. The minimum absolute atomic E-state index is 0.0983. The van der Waals surface area contributed by atoms with Crippen molar-refractivity contribution in [3.63, 3.8) is 0 Å². The van der Waals surface area contributed by atoms with Crippen molar-refractivity contribution in [2.45, 2.75) is 30.7 Å². The van der Waals surface area contributed by atoms with E-state index < -0.39 is 23.5 Å².